The van der Waals surface area contributed by atoms with Gasteiger partial charge < -0.3 is 10.2 Å². The number of amides is 1. The first-order chi connectivity index (χ1) is 9.40. The predicted octanol–water partition coefficient (Wildman–Crippen LogP) is 2.07. The van der Waals surface area contributed by atoms with Crippen molar-refractivity contribution in [2.45, 2.75) is 18.9 Å². The largest absolute Gasteiger partial charge is 0.349 e. The van der Waals surface area contributed by atoms with Crippen LogP contribution in [0.5, 0.6) is 0 Å². The minimum atomic E-state index is -1.67. The number of nitrogens with one attached hydrogen (secondary N) is 1. The average Bonchev–Trinajstić information content (AvgIpc) is 2.39. The Morgan fingerprint density at radius 2 is 1.65 bits per heavy atom. The van der Waals surface area contributed by atoms with Crippen LogP contribution in [-0.4, -0.2) is 37.0 Å². The summed E-state index contributed by atoms with van der Waals surface area (Å²) in [7, 11) is 1.92. The van der Waals surface area contributed by atoms with E-state index in [0.29, 0.717) is 12.8 Å². The molecule has 1 fully saturated rings. The van der Waals surface area contributed by atoms with Gasteiger partial charge in [-0.1, -0.05) is 0 Å². The Bertz CT molecular complexity index is 501. The Morgan fingerprint density at radius 1 is 1.15 bits per heavy atom. The number of halogens is 4. The van der Waals surface area contributed by atoms with Crippen LogP contribution in [0.4, 0.5) is 17.6 Å². The van der Waals surface area contributed by atoms with Gasteiger partial charge in [-0.3, -0.25) is 4.79 Å². The minimum absolute atomic E-state index is 0.0804. The van der Waals surface area contributed by atoms with Gasteiger partial charge >= 0.3 is 0 Å². The van der Waals surface area contributed by atoms with Gasteiger partial charge in [-0.25, -0.2) is 17.6 Å². The van der Waals surface area contributed by atoms with Crippen LogP contribution in [0.3, 0.4) is 0 Å². The maximum absolute atomic E-state index is 13.5. The number of hydrogen-bond acceptors (Lipinski definition) is 2. The van der Waals surface area contributed by atoms with Crippen LogP contribution in [0.15, 0.2) is 6.07 Å². The van der Waals surface area contributed by atoms with Crippen LogP contribution in [0, 0.1) is 23.3 Å². The Labute approximate surface area is 113 Å². The van der Waals surface area contributed by atoms with Crippen molar-refractivity contribution in [3.63, 3.8) is 0 Å². The van der Waals surface area contributed by atoms with E-state index in [9.17, 15) is 22.4 Å². The number of likely N-dealkylation sites (tertiary alicyclic amines) is 1. The van der Waals surface area contributed by atoms with E-state index < -0.39 is 34.7 Å². The van der Waals surface area contributed by atoms with E-state index >= 15 is 0 Å². The molecule has 2 rings (SSSR count). The number of carbonyl (C=O) groups is 1. The quantitative estimate of drug-likeness (QED) is 0.668. The van der Waals surface area contributed by atoms with Gasteiger partial charge in [-0.05, 0) is 33.0 Å². The fraction of sp³-hybridized carbons (Fsp3) is 0.462. The lowest BCUT2D eigenvalue weighted by Crippen LogP contribution is -2.43. The topological polar surface area (TPSA) is 32.3 Å². The first kappa shape index (κ1) is 14.8. The molecule has 1 N–H and O–H groups in total. The van der Waals surface area contributed by atoms with Gasteiger partial charge in [0.05, 0.1) is 0 Å². The number of piperidine rings is 1. The molecule has 1 aromatic rings. The second-order valence-corrected chi connectivity index (χ2v) is 4.89. The second-order valence-electron chi connectivity index (χ2n) is 4.89. The van der Waals surface area contributed by atoms with E-state index in [4.69, 9.17) is 0 Å². The van der Waals surface area contributed by atoms with Crippen molar-refractivity contribution in [2.75, 3.05) is 20.1 Å². The number of carbonyl (C=O) groups excluding carboxylic acids is 1. The molecule has 1 aliphatic rings. The second kappa shape index (κ2) is 5.78. The first-order valence-corrected chi connectivity index (χ1v) is 6.22. The van der Waals surface area contributed by atoms with E-state index in [1.165, 1.54) is 0 Å². The number of benzene rings is 1. The van der Waals surface area contributed by atoms with E-state index in [-0.39, 0.29) is 12.1 Å². The van der Waals surface area contributed by atoms with Gasteiger partial charge in [0.1, 0.15) is 5.56 Å². The normalized spacial score (nSPS) is 17.2. The van der Waals surface area contributed by atoms with Gasteiger partial charge in [0.25, 0.3) is 5.91 Å². The van der Waals surface area contributed by atoms with Gasteiger partial charge in [0.15, 0.2) is 23.3 Å². The Balaban J connectivity index is 2.17. The molecular formula is C13H14F4N2O. The number of nitrogens with zero attached hydrogens (tertiary/aromatic N) is 1. The average molecular weight is 290 g/mol. The van der Waals surface area contributed by atoms with Crippen molar-refractivity contribution in [2.24, 2.45) is 0 Å². The molecule has 1 amide bonds. The third kappa shape index (κ3) is 2.92. The smallest absolute Gasteiger partial charge is 0.257 e. The van der Waals surface area contributed by atoms with Crippen LogP contribution in [0.25, 0.3) is 0 Å². The molecule has 7 heteroatoms. The monoisotopic (exact) mass is 290 g/mol. The Kier molecular flexibility index (Phi) is 4.27. The minimum Gasteiger partial charge on any atom is -0.349 e. The molecule has 1 heterocycles. The van der Waals surface area contributed by atoms with Crippen molar-refractivity contribution >= 4 is 5.91 Å². The molecule has 1 aromatic carbocycles. The zero-order chi connectivity index (χ0) is 14.9. The van der Waals surface area contributed by atoms with E-state index in [1.54, 1.807) is 0 Å². The van der Waals surface area contributed by atoms with Crippen LogP contribution < -0.4 is 5.32 Å². The zero-order valence-electron chi connectivity index (χ0n) is 10.9. The highest BCUT2D eigenvalue weighted by molar-refractivity contribution is 5.95. The third-order valence-electron chi connectivity index (χ3n) is 3.39. The molecule has 0 unspecified atom stereocenters. The lowest BCUT2D eigenvalue weighted by molar-refractivity contribution is 0.0905. The third-order valence-corrected chi connectivity index (χ3v) is 3.39. The fourth-order valence-electron chi connectivity index (χ4n) is 2.18. The maximum Gasteiger partial charge on any atom is 0.257 e. The van der Waals surface area contributed by atoms with Gasteiger partial charge in [0.2, 0.25) is 0 Å². The van der Waals surface area contributed by atoms with E-state index in [0.717, 1.165) is 13.1 Å². The van der Waals surface area contributed by atoms with Gasteiger partial charge in [-0.2, -0.15) is 0 Å². The van der Waals surface area contributed by atoms with Crippen LogP contribution in [0.2, 0.25) is 0 Å². The summed E-state index contributed by atoms with van der Waals surface area (Å²) in [5.41, 5.74) is -1.21. The van der Waals surface area contributed by atoms with Gasteiger partial charge in [-0.15, -0.1) is 0 Å². The summed E-state index contributed by atoms with van der Waals surface area (Å²) >= 11 is 0. The molecule has 1 aliphatic heterocycles. The van der Waals surface area contributed by atoms with E-state index in [1.807, 2.05) is 11.9 Å². The molecular weight excluding hydrogens is 276 g/mol. The van der Waals surface area contributed by atoms with Crippen molar-refractivity contribution in [3.05, 3.63) is 34.9 Å². The highest BCUT2D eigenvalue weighted by Gasteiger charge is 2.27. The van der Waals surface area contributed by atoms with E-state index in [2.05, 4.69) is 5.32 Å². The Morgan fingerprint density at radius 3 is 2.15 bits per heavy atom. The molecule has 0 atom stereocenters. The molecule has 0 radical (unpaired) electrons. The molecule has 0 aliphatic carbocycles. The summed E-state index contributed by atoms with van der Waals surface area (Å²) in [6.45, 7) is 1.46. The standard InChI is InChI=1S/C13H14F4N2O/c1-19-4-2-7(3-5-19)18-13(20)10-11(16)8(14)6-9(15)12(10)17/h6-7H,2-5H2,1H3,(H,18,20). The SMILES string of the molecule is CN1CCC(NC(=O)c2c(F)c(F)cc(F)c2F)CC1. The molecule has 20 heavy (non-hydrogen) atoms. The van der Waals surface area contributed by atoms with Crippen molar-refractivity contribution in [1.29, 1.82) is 0 Å². The molecule has 3 nitrogen and oxygen atoms in total. The van der Waals surface area contributed by atoms with Crippen molar-refractivity contribution in [1.82, 2.24) is 10.2 Å². The molecule has 0 spiro atoms. The predicted molar refractivity (Wildman–Crippen MR) is 64.3 cm³/mol. The molecule has 0 aromatic heterocycles. The number of hydrogen-bond donors (Lipinski definition) is 1. The van der Waals surface area contributed by atoms with Crippen LogP contribution in [0.1, 0.15) is 23.2 Å². The fourth-order valence-corrected chi connectivity index (χ4v) is 2.18. The molecule has 1 saturated heterocycles. The summed E-state index contributed by atoms with van der Waals surface area (Å²) < 4.78 is 53.0. The molecule has 0 bridgehead atoms. The van der Waals surface area contributed by atoms with Crippen molar-refractivity contribution < 1.29 is 22.4 Å². The first-order valence-electron chi connectivity index (χ1n) is 6.22. The molecule has 0 saturated carbocycles. The molecule has 110 valence electrons. The summed E-state index contributed by atoms with van der Waals surface area (Å²) in [6, 6.07) is -0.180. The summed E-state index contributed by atoms with van der Waals surface area (Å²) in [6.07, 6.45) is 1.23. The van der Waals surface area contributed by atoms with Crippen molar-refractivity contribution in [3.8, 4) is 0 Å². The maximum atomic E-state index is 13.5. The summed E-state index contributed by atoms with van der Waals surface area (Å²) in [4.78, 5) is 13.8. The highest BCUT2D eigenvalue weighted by Crippen LogP contribution is 2.20. The Hall–Kier alpha value is -1.63. The van der Waals surface area contributed by atoms with Gasteiger partial charge in [0, 0.05) is 12.1 Å². The summed E-state index contributed by atoms with van der Waals surface area (Å²) in [5.74, 6) is -7.65. The highest BCUT2D eigenvalue weighted by atomic mass is 19.2. The number of rotatable bonds is 2. The lowest BCUT2D eigenvalue weighted by atomic mass is 10.0. The van der Waals surface area contributed by atoms with Crippen LogP contribution in [-0.2, 0) is 0 Å². The van der Waals surface area contributed by atoms with Crippen LogP contribution >= 0.6 is 0 Å². The summed E-state index contributed by atoms with van der Waals surface area (Å²) in [5, 5.41) is 2.41. The lowest BCUT2D eigenvalue weighted by Gasteiger charge is -2.29. The zero-order valence-corrected chi connectivity index (χ0v) is 10.9.